The molecule has 0 aromatic heterocycles. The third-order valence-corrected chi connectivity index (χ3v) is 3.25. The van der Waals surface area contributed by atoms with E-state index in [1.54, 1.807) is 0 Å². The fourth-order valence-electron chi connectivity index (χ4n) is 1.90. The SMILES string of the molecule is COC(=O)CN1C(=O)CCc2cc(Br)ccc21. The molecule has 0 aliphatic carbocycles. The molecule has 2 rings (SSSR count). The molecular weight excluding hydrogens is 286 g/mol. The lowest BCUT2D eigenvalue weighted by atomic mass is 10.0. The molecule has 90 valence electrons. The van der Waals surface area contributed by atoms with Crippen LogP contribution in [0.5, 0.6) is 0 Å². The van der Waals surface area contributed by atoms with Crippen molar-refractivity contribution in [1.82, 2.24) is 0 Å². The number of benzene rings is 1. The Bertz CT molecular complexity index is 473. The van der Waals surface area contributed by atoms with E-state index >= 15 is 0 Å². The normalized spacial score (nSPS) is 14.5. The Morgan fingerprint density at radius 1 is 1.47 bits per heavy atom. The number of anilines is 1. The third-order valence-electron chi connectivity index (χ3n) is 2.76. The number of ether oxygens (including phenoxy) is 1. The molecule has 0 N–H and O–H groups in total. The second-order valence-corrected chi connectivity index (χ2v) is 4.74. The highest BCUT2D eigenvalue weighted by molar-refractivity contribution is 9.10. The maximum absolute atomic E-state index is 11.8. The van der Waals surface area contributed by atoms with Crippen LogP contribution >= 0.6 is 15.9 Å². The smallest absolute Gasteiger partial charge is 0.325 e. The number of methoxy groups -OCH3 is 1. The first-order chi connectivity index (χ1) is 8.11. The van der Waals surface area contributed by atoms with Gasteiger partial charge in [0.25, 0.3) is 0 Å². The molecule has 0 unspecified atom stereocenters. The Balaban J connectivity index is 2.33. The van der Waals surface area contributed by atoms with Crippen molar-refractivity contribution in [3.8, 4) is 0 Å². The largest absolute Gasteiger partial charge is 0.468 e. The first-order valence-electron chi connectivity index (χ1n) is 5.27. The molecule has 0 spiro atoms. The van der Waals surface area contributed by atoms with E-state index < -0.39 is 5.97 Å². The van der Waals surface area contributed by atoms with E-state index in [0.29, 0.717) is 12.8 Å². The second kappa shape index (κ2) is 4.87. The summed E-state index contributed by atoms with van der Waals surface area (Å²) < 4.78 is 5.57. The minimum Gasteiger partial charge on any atom is -0.468 e. The molecule has 4 nitrogen and oxygen atoms in total. The number of carbonyl (C=O) groups is 2. The van der Waals surface area contributed by atoms with Crippen LogP contribution in [-0.2, 0) is 20.7 Å². The molecule has 1 aromatic rings. The fraction of sp³-hybridized carbons (Fsp3) is 0.333. The summed E-state index contributed by atoms with van der Waals surface area (Å²) in [5.41, 5.74) is 1.87. The highest BCUT2D eigenvalue weighted by atomic mass is 79.9. The van der Waals surface area contributed by atoms with Crippen LogP contribution in [0.1, 0.15) is 12.0 Å². The number of fused-ring (bicyclic) bond motifs is 1. The van der Waals surface area contributed by atoms with Gasteiger partial charge in [-0.25, -0.2) is 0 Å². The van der Waals surface area contributed by atoms with Crippen LogP contribution in [-0.4, -0.2) is 25.5 Å². The third kappa shape index (κ3) is 2.49. The minimum absolute atomic E-state index is 0.0238. The molecule has 0 radical (unpaired) electrons. The van der Waals surface area contributed by atoms with Crippen LogP contribution in [0.2, 0.25) is 0 Å². The number of amides is 1. The van der Waals surface area contributed by atoms with Crippen LogP contribution in [0.25, 0.3) is 0 Å². The van der Waals surface area contributed by atoms with Crippen molar-refractivity contribution < 1.29 is 14.3 Å². The zero-order valence-electron chi connectivity index (χ0n) is 9.40. The lowest BCUT2D eigenvalue weighted by Crippen LogP contribution is -2.39. The Labute approximate surface area is 108 Å². The highest BCUT2D eigenvalue weighted by Crippen LogP contribution is 2.30. The lowest BCUT2D eigenvalue weighted by Gasteiger charge is -2.28. The number of hydrogen-bond donors (Lipinski definition) is 0. The molecule has 0 saturated carbocycles. The van der Waals surface area contributed by atoms with Gasteiger partial charge < -0.3 is 9.64 Å². The van der Waals surface area contributed by atoms with E-state index in [1.807, 2.05) is 18.2 Å². The van der Waals surface area contributed by atoms with E-state index in [-0.39, 0.29) is 12.5 Å². The van der Waals surface area contributed by atoms with Gasteiger partial charge in [-0.1, -0.05) is 15.9 Å². The van der Waals surface area contributed by atoms with Gasteiger partial charge in [-0.05, 0) is 30.2 Å². The summed E-state index contributed by atoms with van der Waals surface area (Å²) in [6.45, 7) is -0.0238. The predicted octanol–water partition coefficient (Wildman–Crippen LogP) is 1.90. The number of aryl methyl sites for hydroxylation is 1. The summed E-state index contributed by atoms with van der Waals surface area (Å²) in [6.07, 6.45) is 1.14. The van der Waals surface area contributed by atoms with Gasteiger partial charge in [0.2, 0.25) is 5.91 Å². The number of rotatable bonds is 2. The Morgan fingerprint density at radius 3 is 2.94 bits per heavy atom. The van der Waals surface area contributed by atoms with Gasteiger partial charge in [-0.15, -0.1) is 0 Å². The van der Waals surface area contributed by atoms with E-state index in [1.165, 1.54) is 12.0 Å². The number of esters is 1. The molecule has 5 heteroatoms. The molecule has 1 aromatic carbocycles. The van der Waals surface area contributed by atoms with Crippen molar-refractivity contribution in [3.05, 3.63) is 28.2 Å². The molecule has 1 aliphatic heterocycles. The van der Waals surface area contributed by atoms with Gasteiger partial charge in [0.1, 0.15) is 6.54 Å². The predicted molar refractivity (Wildman–Crippen MR) is 66.8 cm³/mol. The number of carbonyl (C=O) groups excluding carboxylic acids is 2. The molecule has 0 saturated heterocycles. The van der Waals surface area contributed by atoms with Crippen molar-refractivity contribution in [3.63, 3.8) is 0 Å². The molecule has 1 heterocycles. The average Bonchev–Trinajstić information content (AvgIpc) is 2.32. The summed E-state index contributed by atoms with van der Waals surface area (Å²) >= 11 is 3.39. The first kappa shape index (κ1) is 12.1. The molecule has 0 bridgehead atoms. The Morgan fingerprint density at radius 2 is 2.24 bits per heavy atom. The van der Waals surface area contributed by atoms with Gasteiger partial charge in [0.05, 0.1) is 7.11 Å². The zero-order chi connectivity index (χ0) is 12.4. The topological polar surface area (TPSA) is 46.6 Å². The second-order valence-electron chi connectivity index (χ2n) is 3.83. The van der Waals surface area contributed by atoms with Crippen molar-refractivity contribution in [2.24, 2.45) is 0 Å². The maximum atomic E-state index is 11.8. The van der Waals surface area contributed by atoms with E-state index in [4.69, 9.17) is 0 Å². The van der Waals surface area contributed by atoms with Gasteiger partial charge in [0.15, 0.2) is 0 Å². The van der Waals surface area contributed by atoms with Crippen LogP contribution < -0.4 is 4.90 Å². The summed E-state index contributed by atoms with van der Waals surface area (Å²) in [5, 5.41) is 0. The molecular formula is C12H12BrNO3. The van der Waals surface area contributed by atoms with E-state index in [0.717, 1.165) is 15.7 Å². The van der Waals surface area contributed by atoms with Gasteiger partial charge >= 0.3 is 5.97 Å². The highest BCUT2D eigenvalue weighted by Gasteiger charge is 2.26. The van der Waals surface area contributed by atoms with Crippen LogP contribution in [0.15, 0.2) is 22.7 Å². The summed E-state index contributed by atoms with van der Waals surface area (Å²) in [6, 6.07) is 5.69. The van der Waals surface area contributed by atoms with Crippen molar-refractivity contribution >= 4 is 33.5 Å². The van der Waals surface area contributed by atoms with Crippen LogP contribution in [0.4, 0.5) is 5.69 Å². The monoisotopic (exact) mass is 297 g/mol. The maximum Gasteiger partial charge on any atom is 0.325 e. The van der Waals surface area contributed by atoms with Gasteiger partial charge in [-0.2, -0.15) is 0 Å². The summed E-state index contributed by atoms with van der Waals surface area (Å²) in [7, 11) is 1.32. The van der Waals surface area contributed by atoms with Crippen LogP contribution in [0.3, 0.4) is 0 Å². The average molecular weight is 298 g/mol. The number of nitrogens with zero attached hydrogens (tertiary/aromatic N) is 1. The standard InChI is InChI=1S/C12H12BrNO3/c1-17-12(16)7-14-10-4-3-9(13)6-8(10)2-5-11(14)15/h3-4,6H,2,5,7H2,1H3. The molecule has 0 atom stereocenters. The summed E-state index contributed by atoms with van der Waals surface area (Å²) in [5.74, 6) is -0.445. The van der Waals surface area contributed by atoms with Crippen LogP contribution in [0, 0.1) is 0 Å². The minimum atomic E-state index is -0.408. The summed E-state index contributed by atoms with van der Waals surface area (Å²) in [4.78, 5) is 24.6. The fourth-order valence-corrected chi connectivity index (χ4v) is 2.30. The lowest BCUT2D eigenvalue weighted by molar-refractivity contribution is -0.140. The van der Waals surface area contributed by atoms with Crippen molar-refractivity contribution in [2.45, 2.75) is 12.8 Å². The molecule has 0 fully saturated rings. The quantitative estimate of drug-likeness (QED) is 0.783. The van der Waals surface area contributed by atoms with Crippen molar-refractivity contribution in [1.29, 1.82) is 0 Å². The van der Waals surface area contributed by atoms with Gasteiger partial charge in [-0.3, -0.25) is 9.59 Å². The van der Waals surface area contributed by atoms with E-state index in [2.05, 4.69) is 20.7 Å². The Kier molecular flexibility index (Phi) is 3.47. The molecule has 1 aliphatic rings. The zero-order valence-corrected chi connectivity index (χ0v) is 11.0. The number of halogens is 1. The van der Waals surface area contributed by atoms with Gasteiger partial charge in [0, 0.05) is 16.6 Å². The Hall–Kier alpha value is -1.36. The van der Waals surface area contributed by atoms with E-state index in [9.17, 15) is 9.59 Å². The number of hydrogen-bond acceptors (Lipinski definition) is 3. The molecule has 17 heavy (non-hydrogen) atoms. The molecule has 1 amide bonds. The van der Waals surface area contributed by atoms with Crippen molar-refractivity contribution in [2.75, 3.05) is 18.6 Å². The first-order valence-corrected chi connectivity index (χ1v) is 6.06.